The maximum atomic E-state index is 12.7. The number of aromatic amines is 1. The zero-order chi connectivity index (χ0) is 19.6. The Morgan fingerprint density at radius 1 is 0.929 bits per heavy atom. The van der Waals surface area contributed by atoms with Crippen molar-refractivity contribution < 1.29 is 13.2 Å². The van der Waals surface area contributed by atoms with Crippen LogP contribution in [0.1, 0.15) is 11.1 Å². The lowest BCUT2D eigenvalue weighted by Gasteiger charge is -2.11. The van der Waals surface area contributed by atoms with Crippen LogP contribution in [0.15, 0.2) is 60.9 Å². The van der Waals surface area contributed by atoms with Crippen LogP contribution in [0.2, 0.25) is 0 Å². The van der Waals surface area contributed by atoms with Gasteiger partial charge in [0.25, 0.3) is 0 Å². The third-order valence-corrected chi connectivity index (χ3v) is 4.06. The monoisotopic (exact) mass is 384 g/mol. The van der Waals surface area contributed by atoms with Crippen LogP contribution in [0.25, 0.3) is 11.2 Å². The zero-order valence-electron chi connectivity index (χ0n) is 14.5. The first kappa shape index (κ1) is 17.8. The van der Waals surface area contributed by atoms with Gasteiger partial charge in [0.1, 0.15) is 5.52 Å². The minimum Gasteiger partial charge on any atom is -0.364 e. The molecular formula is C19H15F3N6. The lowest BCUT2D eigenvalue weighted by Crippen LogP contribution is -2.06. The number of hydrogen-bond donors (Lipinski definition) is 3. The summed E-state index contributed by atoms with van der Waals surface area (Å²) >= 11 is 0. The predicted molar refractivity (Wildman–Crippen MR) is 100 cm³/mol. The summed E-state index contributed by atoms with van der Waals surface area (Å²) in [5, 5.41) is 6.15. The first-order chi connectivity index (χ1) is 13.5. The van der Waals surface area contributed by atoms with E-state index in [9.17, 15) is 13.2 Å². The van der Waals surface area contributed by atoms with Gasteiger partial charge in [-0.2, -0.15) is 23.1 Å². The van der Waals surface area contributed by atoms with Crippen LogP contribution in [0, 0.1) is 0 Å². The van der Waals surface area contributed by atoms with Crippen molar-refractivity contribution in [1.82, 2.24) is 19.9 Å². The van der Waals surface area contributed by atoms with E-state index in [-0.39, 0.29) is 5.95 Å². The molecule has 0 aliphatic rings. The van der Waals surface area contributed by atoms with Crippen molar-refractivity contribution in [3.8, 4) is 0 Å². The van der Waals surface area contributed by atoms with Gasteiger partial charge in [0, 0.05) is 12.2 Å². The molecule has 4 rings (SSSR count). The van der Waals surface area contributed by atoms with Crippen LogP contribution < -0.4 is 10.6 Å². The molecule has 2 aromatic carbocycles. The van der Waals surface area contributed by atoms with E-state index in [1.54, 1.807) is 0 Å². The summed E-state index contributed by atoms with van der Waals surface area (Å²) in [6.45, 7) is 0.547. The highest BCUT2D eigenvalue weighted by Crippen LogP contribution is 2.30. The van der Waals surface area contributed by atoms with Crippen molar-refractivity contribution in [2.45, 2.75) is 12.7 Å². The predicted octanol–water partition coefficient (Wildman–Crippen LogP) is 4.73. The van der Waals surface area contributed by atoms with Gasteiger partial charge in [0.2, 0.25) is 5.95 Å². The van der Waals surface area contributed by atoms with E-state index in [0.717, 1.165) is 17.7 Å². The minimum absolute atomic E-state index is 0.231. The molecule has 2 aromatic heterocycles. The molecule has 4 aromatic rings. The molecule has 28 heavy (non-hydrogen) atoms. The summed E-state index contributed by atoms with van der Waals surface area (Å²) in [6, 6.07) is 14.5. The molecular weight excluding hydrogens is 369 g/mol. The number of nitrogens with one attached hydrogen (secondary N) is 3. The second-order valence-corrected chi connectivity index (χ2v) is 6.04. The van der Waals surface area contributed by atoms with E-state index in [4.69, 9.17) is 0 Å². The van der Waals surface area contributed by atoms with Crippen molar-refractivity contribution in [2.24, 2.45) is 0 Å². The molecule has 0 radical (unpaired) electrons. The van der Waals surface area contributed by atoms with E-state index in [1.807, 2.05) is 30.3 Å². The first-order valence-corrected chi connectivity index (χ1v) is 8.42. The number of nitrogens with zero attached hydrogens (tertiary/aromatic N) is 3. The lowest BCUT2D eigenvalue weighted by molar-refractivity contribution is -0.137. The molecule has 9 heteroatoms. The molecule has 0 amide bonds. The van der Waals surface area contributed by atoms with Gasteiger partial charge in [-0.3, -0.25) is 0 Å². The first-order valence-electron chi connectivity index (χ1n) is 8.42. The van der Waals surface area contributed by atoms with E-state index in [0.29, 0.717) is 29.2 Å². The Kier molecular flexibility index (Phi) is 4.56. The van der Waals surface area contributed by atoms with Crippen LogP contribution in [-0.2, 0) is 12.7 Å². The summed E-state index contributed by atoms with van der Waals surface area (Å²) in [7, 11) is 0. The number of anilines is 3. The maximum absolute atomic E-state index is 12.7. The Bertz CT molecular complexity index is 1070. The Morgan fingerprint density at radius 3 is 2.39 bits per heavy atom. The van der Waals surface area contributed by atoms with Gasteiger partial charge in [0.15, 0.2) is 11.5 Å². The summed E-state index contributed by atoms with van der Waals surface area (Å²) < 4.78 is 38.1. The maximum Gasteiger partial charge on any atom is 0.416 e. The van der Waals surface area contributed by atoms with Crippen LogP contribution in [0.3, 0.4) is 0 Å². The van der Waals surface area contributed by atoms with Crippen molar-refractivity contribution >= 4 is 28.6 Å². The summed E-state index contributed by atoms with van der Waals surface area (Å²) in [4.78, 5) is 15.9. The van der Waals surface area contributed by atoms with E-state index < -0.39 is 11.7 Å². The van der Waals surface area contributed by atoms with Gasteiger partial charge < -0.3 is 15.6 Å². The molecule has 0 saturated heterocycles. The summed E-state index contributed by atoms with van der Waals surface area (Å²) in [6.07, 6.45) is -2.87. The highest BCUT2D eigenvalue weighted by atomic mass is 19.4. The van der Waals surface area contributed by atoms with E-state index >= 15 is 0 Å². The normalized spacial score (nSPS) is 11.5. The lowest BCUT2D eigenvalue weighted by atomic mass is 10.2. The Labute approximate surface area is 157 Å². The molecule has 2 heterocycles. The Morgan fingerprint density at radius 2 is 1.68 bits per heavy atom. The number of benzene rings is 2. The fourth-order valence-corrected chi connectivity index (χ4v) is 2.67. The highest BCUT2D eigenvalue weighted by Gasteiger charge is 2.29. The van der Waals surface area contributed by atoms with Gasteiger partial charge in [-0.1, -0.05) is 30.3 Å². The summed E-state index contributed by atoms with van der Waals surface area (Å²) in [5.41, 5.74) is 1.89. The smallest absolute Gasteiger partial charge is 0.364 e. The number of halogens is 3. The molecule has 0 saturated carbocycles. The minimum atomic E-state index is -4.38. The Hall–Kier alpha value is -3.62. The zero-order valence-corrected chi connectivity index (χ0v) is 14.5. The molecule has 142 valence electrons. The number of aromatic nitrogens is 4. The van der Waals surface area contributed by atoms with E-state index in [1.165, 1.54) is 18.5 Å². The van der Waals surface area contributed by atoms with Crippen LogP contribution in [0.4, 0.5) is 30.6 Å². The van der Waals surface area contributed by atoms with Crippen LogP contribution in [0.5, 0.6) is 0 Å². The molecule has 0 unspecified atom stereocenters. The fourth-order valence-electron chi connectivity index (χ4n) is 2.67. The largest absolute Gasteiger partial charge is 0.416 e. The molecule has 0 spiro atoms. The molecule has 0 aliphatic carbocycles. The van der Waals surface area contributed by atoms with Crippen molar-refractivity contribution in [3.05, 3.63) is 72.1 Å². The quantitative estimate of drug-likeness (QED) is 0.464. The Balaban J connectivity index is 1.57. The van der Waals surface area contributed by atoms with Gasteiger partial charge >= 0.3 is 6.18 Å². The van der Waals surface area contributed by atoms with E-state index in [2.05, 4.69) is 30.6 Å². The molecule has 6 nitrogen and oxygen atoms in total. The van der Waals surface area contributed by atoms with Crippen molar-refractivity contribution in [1.29, 1.82) is 0 Å². The SMILES string of the molecule is FC(F)(F)c1ccc(Nc2nc(NCc3ccccc3)c3[nH]cnc3n2)cc1. The molecule has 0 bridgehead atoms. The number of H-pyrrole nitrogens is 1. The third kappa shape index (κ3) is 3.88. The average molecular weight is 384 g/mol. The van der Waals surface area contributed by atoms with Gasteiger partial charge in [0.05, 0.1) is 11.9 Å². The number of hydrogen-bond acceptors (Lipinski definition) is 5. The van der Waals surface area contributed by atoms with Crippen LogP contribution in [-0.4, -0.2) is 19.9 Å². The standard InChI is InChI=1S/C19H15F3N6/c20-19(21,22)13-6-8-14(9-7-13)26-18-27-16(15-17(28-18)25-11-24-15)23-10-12-4-2-1-3-5-12/h1-9,11H,10H2,(H3,23,24,25,26,27,28). The number of rotatable bonds is 5. The molecule has 0 atom stereocenters. The fraction of sp³-hybridized carbons (Fsp3) is 0.105. The molecule has 0 fully saturated rings. The van der Waals surface area contributed by atoms with Crippen molar-refractivity contribution in [3.63, 3.8) is 0 Å². The van der Waals surface area contributed by atoms with Gasteiger partial charge in [-0.15, -0.1) is 0 Å². The third-order valence-electron chi connectivity index (χ3n) is 4.06. The number of imidazole rings is 1. The average Bonchev–Trinajstić information content (AvgIpc) is 3.15. The second-order valence-electron chi connectivity index (χ2n) is 6.04. The summed E-state index contributed by atoms with van der Waals surface area (Å²) in [5.74, 6) is 0.774. The molecule has 0 aliphatic heterocycles. The van der Waals surface area contributed by atoms with Gasteiger partial charge in [-0.25, -0.2) is 4.98 Å². The van der Waals surface area contributed by atoms with Crippen molar-refractivity contribution in [2.75, 3.05) is 10.6 Å². The highest BCUT2D eigenvalue weighted by molar-refractivity contribution is 5.84. The molecule has 3 N–H and O–H groups in total. The van der Waals surface area contributed by atoms with Crippen LogP contribution >= 0.6 is 0 Å². The number of fused-ring (bicyclic) bond motifs is 1. The number of alkyl halides is 3. The van der Waals surface area contributed by atoms with Gasteiger partial charge in [-0.05, 0) is 29.8 Å². The topological polar surface area (TPSA) is 78.5 Å². The second kappa shape index (κ2) is 7.18.